The molecule has 4 rings (SSSR count). The van der Waals surface area contributed by atoms with E-state index in [9.17, 15) is 8.42 Å². The highest BCUT2D eigenvalue weighted by atomic mass is 35.5. The summed E-state index contributed by atoms with van der Waals surface area (Å²) in [6.45, 7) is 4.08. The van der Waals surface area contributed by atoms with Crippen LogP contribution in [0.1, 0.15) is 24.3 Å². The molecule has 7 nitrogen and oxygen atoms in total. The lowest BCUT2D eigenvalue weighted by atomic mass is 10.1. The van der Waals surface area contributed by atoms with Gasteiger partial charge >= 0.3 is 0 Å². The maximum absolute atomic E-state index is 12.5. The van der Waals surface area contributed by atoms with E-state index in [2.05, 4.69) is 19.8 Å². The van der Waals surface area contributed by atoms with Crippen molar-refractivity contribution in [3.8, 4) is 11.4 Å². The normalized spacial score (nSPS) is 16.1. The zero-order valence-electron chi connectivity index (χ0n) is 16.6. The molecule has 0 bridgehead atoms. The molecule has 2 heterocycles. The van der Waals surface area contributed by atoms with Crippen LogP contribution in [0.5, 0.6) is 0 Å². The fraction of sp³-hybridized carbons (Fsp3) is 0.333. The Hall–Kier alpha value is -2.26. The Morgan fingerprint density at radius 1 is 1.10 bits per heavy atom. The summed E-state index contributed by atoms with van der Waals surface area (Å²) in [5.41, 5.74) is 2.10. The minimum atomic E-state index is -3.55. The molecule has 1 saturated heterocycles. The fourth-order valence-electron chi connectivity index (χ4n) is 3.44. The lowest BCUT2D eigenvalue weighted by Crippen LogP contribution is -2.44. The summed E-state index contributed by atoms with van der Waals surface area (Å²) in [4.78, 5) is 6.91. The Morgan fingerprint density at radius 3 is 2.43 bits per heavy atom. The van der Waals surface area contributed by atoms with Gasteiger partial charge in [0.15, 0.2) is 0 Å². The van der Waals surface area contributed by atoms with Crippen molar-refractivity contribution in [1.29, 1.82) is 0 Å². The molecule has 0 radical (unpaired) electrons. The quantitative estimate of drug-likeness (QED) is 0.621. The summed E-state index contributed by atoms with van der Waals surface area (Å²) < 4.78 is 33.3. The number of likely N-dealkylation sites (tertiary alicyclic amines) is 1. The number of sulfonamides is 1. The molecule has 0 saturated carbocycles. The van der Waals surface area contributed by atoms with E-state index in [-0.39, 0.29) is 10.9 Å². The summed E-state index contributed by atoms with van der Waals surface area (Å²) in [5, 5.41) is 4.58. The number of rotatable bonds is 6. The van der Waals surface area contributed by atoms with Crippen molar-refractivity contribution in [2.45, 2.75) is 37.2 Å². The van der Waals surface area contributed by atoms with Gasteiger partial charge < -0.3 is 4.52 Å². The van der Waals surface area contributed by atoms with Crippen LogP contribution in [0.15, 0.2) is 57.9 Å². The van der Waals surface area contributed by atoms with Crippen LogP contribution < -0.4 is 4.72 Å². The number of aromatic nitrogens is 2. The molecule has 1 N–H and O–H groups in total. The highest BCUT2D eigenvalue weighted by molar-refractivity contribution is 7.89. The van der Waals surface area contributed by atoms with Crippen LogP contribution in [0.25, 0.3) is 11.4 Å². The number of nitrogens with one attached hydrogen (secondary N) is 1. The van der Waals surface area contributed by atoms with Crippen LogP contribution in [0.3, 0.4) is 0 Å². The van der Waals surface area contributed by atoms with Gasteiger partial charge in [0, 0.05) is 29.7 Å². The fourth-order valence-corrected chi connectivity index (χ4v) is 4.87. The third kappa shape index (κ3) is 5.07. The minimum absolute atomic E-state index is 0.104. The first-order chi connectivity index (χ1) is 14.4. The molecule has 9 heteroatoms. The van der Waals surface area contributed by atoms with Crippen molar-refractivity contribution in [2.75, 3.05) is 13.1 Å². The van der Waals surface area contributed by atoms with Crippen molar-refractivity contribution in [1.82, 2.24) is 19.8 Å². The maximum atomic E-state index is 12.5. The average Bonchev–Trinajstić information content (AvgIpc) is 3.19. The van der Waals surface area contributed by atoms with Crippen LogP contribution in [0.2, 0.25) is 5.02 Å². The van der Waals surface area contributed by atoms with Crippen molar-refractivity contribution in [3.05, 3.63) is 65.0 Å². The summed E-state index contributed by atoms with van der Waals surface area (Å²) in [7, 11) is -3.55. The number of hydrogen-bond acceptors (Lipinski definition) is 6. The molecule has 0 amide bonds. The predicted molar refractivity (Wildman–Crippen MR) is 115 cm³/mol. The number of nitrogens with zero attached hydrogens (tertiary/aromatic N) is 3. The van der Waals surface area contributed by atoms with E-state index in [1.807, 2.05) is 31.2 Å². The number of hydrogen-bond donors (Lipinski definition) is 1. The first-order valence-electron chi connectivity index (χ1n) is 9.79. The van der Waals surface area contributed by atoms with E-state index < -0.39 is 10.0 Å². The monoisotopic (exact) mass is 446 g/mol. The van der Waals surface area contributed by atoms with E-state index in [4.69, 9.17) is 16.1 Å². The third-order valence-corrected chi connectivity index (χ3v) is 6.96. The molecule has 1 fully saturated rings. The molecule has 0 aliphatic carbocycles. The molecule has 158 valence electrons. The molecule has 1 aromatic heterocycles. The molecular weight excluding hydrogens is 424 g/mol. The van der Waals surface area contributed by atoms with E-state index in [0.717, 1.165) is 18.7 Å². The molecule has 0 spiro atoms. The number of aryl methyl sites for hydroxylation is 1. The maximum Gasteiger partial charge on any atom is 0.241 e. The lowest BCUT2D eigenvalue weighted by Gasteiger charge is -2.31. The third-order valence-electron chi connectivity index (χ3n) is 5.17. The summed E-state index contributed by atoms with van der Waals surface area (Å²) in [6, 6.07) is 14.1. The zero-order chi connectivity index (χ0) is 21.1. The van der Waals surface area contributed by atoms with Gasteiger partial charge in [0.25, 0.3) is 0 Å². The second-order valence-corrected chi connectivity index (χ2v) is 9.65. The topological polar surface area (TPSA) is 88.3 Å². The summed E-state index contributed by atoms with van der Waals surface area (Å²) in [6.07, 6.45) is 1.43. The van der Waals surface area contributed by atoms with Crippen LogP contribution in [0, 0.1) is 6.92 Å². The molecule has 0 atom stereocenters. The first kappa shape index (κ1) is 21.0. The molecule has 1 aliphatic heterocycles. The second kappa shape index (κ2) is 8.85. The highest BCUT2D eigenvalue weighted by Crippen LogP contribution is 2.20. The number of benzene rings is 2. The van der Waals surface area contributed by atoms with Gasteiger partial charge in [-0.3, -0.25) is 4.90 Å². The Labute approximate surface area is 181 Å². The van der Waals surface area contributed by atoms with E-state index in [0.29, 0.717) is 36.1 Å². The van der Waals surface area contributed by atoms with Gasteiger partial charge in [0.1, 0.15) is 0 Å². The Balaban J connectivity index is 1.31. The molecule has 1 aliphatic rings. The van der Waals surface area contributed by atoms with Crippen LogP contribution in [-0.2, 0) is 16.6 Å². The molecule has 0 unspecified atom stereocenters. The zero-order valence-corrected chi connectivity index (χ0v) is 18.2. The van der Waals surface area contributed by atoms with Crippen LogP contribution in [0.4, 0.5) is 0 Å². The van der Waals surface area contributed by atoms with E-state index in [1.165, 1.54) is 17.7 Å². The van der Waals surface area contributed by atoms with E-state index >= 15 is 0 Å². The van der Waals surface area contributed by atoms with Gasteiger partial charge in [-0.2, -0.15) is 4.98 Å². The van der Waals surface area contributed by atoms with Crippen LogP contribution >= 0.6 is 11.6 Å². The summed E-state index contributed by atoms with van der Waals surface area (Å²) in [5.74, 6) is 1.14. The molecule has 2 aromatic carbocycles. The SMILES string of the molecule is Cc1ccc(-c2noc(CN3CCC(NS(=O)(=O)c4ccc(Cl)cc4)CC3)n2)cc1. The van der Waals surface area contributed by atoms with Gasteiger partial charge in [0.05, 0.1) is 11.4 Å². The minimum Gasteiger partial charge on any atom is -0.338 e. The first-order valence-corrected chi connectivity index (χ1v) is 11.6. The van der Waals surface area contributed by atoms with Crippen LogP contribution in [-0.4, -0.2) is 42.6 Å². The largest absolute Gasteiger partial charge is 0.338 e. The number of piperidine rings is 1. The predicted octanol–water partition coefficient (Wildman–Crippen LogP) is 3.64. The van der Waals surface area contributed by atoms with Gasteiger partial charge in [-0.15, -0.1) is 0 Å². The molecular formula is C21H23ClN4O3S. The smallest absolute Gasteiger partial charge is 0.241 e. The van der Waals surface area contributed by atoms with Gasteiger partial charge in [-0.05, 0) is 44.0 Å². The average molecular weight is 447 g/mol. The van der Waals surface area contributed by atoms with Crippen molar-refractivity contribution in [3.63, 3.8) is 0 Å². The number of halogens is 1. The van der Waals surface area contributed by atoms with E-state index in [1.54, 1.807) is 12.1 Å². The Bertz CT molecular complexity index is 1090. The van der Waals surface area contributed by atoms with Crippen molar-refractivity contribution >= 4 is 21.6 Å². The molecule has 3 aromatic rings. The van der Waals surface area contributed by atoms with Gasteiger partial charge in [0.2, 0.25) is 21.7 Å². The van der Waals surface area contributed by atoms with Gasteiger partial charge in [-0.25, -0.2) is 13.1 Å². The summed E-state index contributed by atoms with van der Waals surface area (Å²) >= 11 is 5.84. The lowest BCUT2D eigenvalue weighted by molar-refractivity contribution is 0.177. The standard InChI is InChI=1S/C21H23ClN4O3S/c1-15-2-4-16(5-3-15)21-23-20(29-24-21)14-26-12-10-18(11-13-26)25-30(27,28)19-8-6-17(22)7-9-19/h2-9,18,25H,10-14H2,1H3. The Morgan fingerprint density at radius 2 is 1.77 bits per heavy atom. The van der Waals surface area contributed by atoms with Crippen molar-refractivity contribution < 1.29 is 12.9 Å². The van der Waals surface area contributed by atoms with Gasteiger partial charge in [-0.1, -0.05) is 46.6 Å². The molecule has 30 heavy (non-hydrogen) atoms. The second-order valence-electron chi connectivity index (χ2n) is 7.50. The highest BCUT2D eigenvalue weighted by Gasteiger charge is 2.25. The van der Waals surface area contributed by atoms with Crippen molar-refractivity contribution in [2.24, 2.45) is 0 Å². The Kier molecular flexibility index (Phi) is 6.19.